The molecule has 5 nitrogen and oxygen atoms in total. The molecule has 0 aromatic rings. The average molecular weight is 243 g/mol. The number of nitrogens with two attached hydrogens (primary N) is 1. The van der Waals surface area contributed by atoms with Crippen LogP contribution in [-0.4, -0.2) is 56.7 Å². The van der Waals surface area contributed by atoms with Crippen LogP contribution in [0.2, 0.25) is 0 Å². The third-order valence-electron chi connectivity index (χ3n) is 3.17. The summed E-state index contributed by atoms with van der Waals surface area (Å²) in [5.74, 6) is 0.314. The van der Waals surface area contributed by atoms with E-state index in [0.717, 1.165) is 39.1 Å². The lowest BCUT2D eigenvalue weighted by Crippen LogP contribution is -2.46. The van der Waals surface area contributed by atoms with Crippen molar-refractivity contribution in [3.05, 3.63) is 0 Å². The molecule has 1 atom stereocenters. The number of rotatable bonds is 7. The second-order valence-corrected chi connectivity index (χ2v) is 4.99. The van der Waals surface area contributed by atoms with Gasteiger partial charge in [0, 0.05) is 39.4 Å². The fraction of sp³-hybridized carbons (Fsp3) is 0.917. The molecule has 0 saturated carbocycles. The van der Waals surface area contributed by atoms with Crippen LogP contribution in [0.25, 0.3) is 0 Å². The van der Waals surface area contributed by atoms with E-state index >= 15 is 0 Å². The van der Waals surface area contributed by atoms with E-state index in [9.17, 15) is 4.79 Å². The standard InChI is InChI=1S/C12H25N3O2/c1-10(9-17-2)7-14-11-3-5-15(6-4-11)8-12(13)16/h10-11,14H,3-9H2,1-2H3,(H2,13,16). The molecule has 0 aromatic heterocycles. The summed E-state index contributed by atoms with van der Waals surface area (Å²) in [5, 5.41) is 3.56. The van der Waals surface area contributed by atoms with Crippen molar-refractivity contribution in [1.82, 2.24) is 10.2 Å². The van der Waals surface area contributed by atoms with Gasteiger partial charge in [-0.2, -0.15) is 0 Å². The van der Waals surface area contributed by atoms with Gasteiger partial charge in [-0.15, -0.1) is 0 Å². The van der Waals surface area contributed by atoms with E-state index in [4.69, 9.17) is 10.5 Å². The van der Waals surface area contributed by atoms with Crippen LogP contribution in [0.15, 0.2) is 0 Å². The molecule has 0 aromatic carbocycles. The van der Waals surface area contributed by atoms with Crippen LogP contribution >= 0.6 is 0 Å². The van der Waals surface area contributed by atoms with Crippen LogP contribution in [0.1, 0.15) is 19.8 Å². The molecule has 1 fully saturated rings. The van der Waals surface area contributed by atoms with E-state index in [1.54, 1.807) is 7.11 Å². The van der Waals surface area contributed by atoms with Crippen LogP contribution in [0.5, 0.6) is 0 Å². The first kappa shape index (κ1) is 14.4. The topological polar surface area (TPSA) is 67.6 Å². The summed E-state index contributed by atoms with van der Waals surface area (Å²) in [6.45, 7) is 6.28. The monoisotopic (exact) mass is 243 g/mol. The third-order valence-corrected chi connectivity index (χ3v) is 3.17. The highest BCUT2D eigenvalue weighted by Crippen LogP contribution is 2.10. The largest absolute Gasteiger partial charge is 0.384 e. The summed E-state index contributed by atoms with van der Waals surface area (Å²) < 4.78 is 5.10. The minimum atomic E-state index is -0.231. The number of methoxy groups -OCH3 is 1. The van der Waals surface area contributed by atoms with Gasteiger partial charge in [-0.3, -0.25) is 9.69 Å². The van der Waals surface area contributed by atoms with Gasteiger partial charge in [-0.25, -0.2) is 0 Å². The maximum absolute atomic E-state index is 10.8. The van der Waals surface area contributed by atoms with Gasteiger partial charge in [0.15, 0.2) is 0 Å². The number of piperidine rings is 1. The van der Waals surface area contributed by atoms with Crippen molar-refractivity contribution in [2.45, 2.75) is 25.8 Å². The van der Waals surface area contributed by atoms with Gasteiger partial charge in [0.2, 0.25) is 5.91 Å². The van der Waals surface area contributed by atoms with Crippen LogP contribution in [0.3, 0.4) is 0 Å². The Hall–Kier alpha value is -0.650. The number of hydrogen-bond acceptors (Lipinski definition) is 4. The fourth-order valence-electron chi connectivity index (χ4n) is 2.23. The van der Waals surface area contributed by atoms with Gasteiger partial charge in [-0.05, 0) is 18.8 Å². The first-order valence-corrected chi connectivity index (χ1v) is 6.34. The first-order chi connectivity index (χ1) is 8.11. The molecular weight excluding hydrogens is 218 g/mol. The molecule has 0 bridgehead atoms. The smallest absolute Gasteiger partial charge is 0.231 e. The highest BCUT2D eigenvalue weighted by Gasteiger charge is 2.19. The summed E-state index contributed by atoms with van der Waals surface area (Å²) in [4.78, 5) is 12.9. The Labute approximate surface area is 104 Å². The van der Waals surface area contributed by atoms with E-state index in [2.05, 4.69) is 17.1 Å². The third kappa shape index (κ3) is 6.00. The predicted molar refractivity (Wildman–Crippen MR) is 67.7 cm³/mol. The number of likely N-dealkylation sites (tertiary alicyclic amines) is 1. The van der Waals surface area contributed by atoms with Gasteiger partial charge in [0.05, 0.1) is 6.54 Å². The van der Waals surface area contributed by atoms with Crippen molar-refractivity contribution in [1.29, 1.82) is 0 Å². The second kappa shape index (κ2) is 7.63. The van der Waals surface area contributed by atoms with E-state index in [1.165, 1.54) is 0 Å². The summed E-state index contributed by atoms with van der Waals surface area (Å²) in [5.41, 5.74) is 5.18. The van der Waals surface area contributed by atoms with E-state index in [-0.39, 0.29) is 5.91 Å². The molecule has 1 saturated heterocycles. The maximum Gasteiger partial charge on any atom is 0.231 e. The minimum Gasteiger partial charge on any atom is -0.384 e. The molecule has 1 aliphatic rings. The molecule has 5 heteroatoms. The molecule has 17 heavy (non-hydrogen) atoms. The molecule has 1 heterocycles. The fourth-order valence-corrected chi connectivity index (χ4v) is 2.23. The van der Waals surface area contributed by atoms with Gasteiger partial charge in [0.25, 0.3) is 0 Å². The Bertz CT molecular complexity index is 228. The zero-order chi connectivity index (χ0) is 12.7. The molecular formula is C12H25N3O2. The Morgan fingerprint density at radius 3 is 2.71 bits per heavy atom. The quantitative estimate of drug-likeness (QED) is 0.650. The zero-order valence-electron chi connectivity index (χ0n) is 10.9. The number of hydrogen-bond donors (Lipinski definition) is 2. The summed E-state index contributed by atoms with van der Waals surface area (Å²) in [6, 6.07) is 0.568. The molecule has 0 spiro atoms. The van der Waals surface area contributed by atoms with Crippen molar-refractivity contribution >= 4 is 5.91 Å². The lowest BCUT2D eigenvalue weighted by atomic mass is 10.0. The minimum absolute atomic E-state index is 0.231. The maximum atomic E-state index is 10.8. The summed E-state index contributed by atoms with van der Waals surface area (Å²) in [6.07, 6.45) is 2.18. The second-order valence-electron chi connectivity index (χ2n) is 4.99. The van der Waals surface area contributed by atoms with Crippen LogP contribution in [0, 0.1) is 5.92 Å². The van der Waals surface area contributed by atoms with Crippen LogP contribution in [0.4, 0.5) is 0 Å². The Morgan fingerprint density at radius 2 is 2.18 bits per heavy atom. The number of carbonyl (C=O) groups excluding carboxylic acids is 1. The van der Waals surface area contributed by atoms with Gasteiger partial charge >= 0.3 is 0 Å². The predicted octanol–water partition coefficient (Wildman–Crippen LogP) is -0.192. The SMILES string of the molecule is COCC(C)CNC1CCN(CC(N)=O)CC1. The molecule has 3 N–H and O–H groups in total. The first-order valence-electron chi connectivity index (χ1n) is 6.34. The van der Waals surface area contributed by atoms with E-state index in [0.29, 0.717) is 18.5 Å². The number of ether oxygens (including phenoxy) is 1. The number of carbonyl (C=O) groups is 1. The zero-order valence-corrected chi connectivity index (χ0v) is 10.9. The van der Waals surface area contributed by atoms with Crippen LogP contribution in [-0.2, 0) is 9.53 Å². The summed E-state index contributed by atoms with van der Waals surface area (Å²) >= 11 is 0. The van der Waals surface area contributed by atoms with Gasteiger partial charge in [0.1, 0.15) is 0 Å². The van der Waals surface area contributed by atoms with Gasteiger partial charge < -0.3 is 15.8 Å². The molecule has 0 radical (unpaired) electrons. The average Bonchev–Trinajstić information content (AvgIpc) is 2.28. The molecule has 1 rings (SSSR count). The number of nitrogens with zero attached hydrogens (tertiary/aromatic N) is 1. The van der Waals surface area contributed by atoms with Crippen molar-refractivity contribution in [3.63, 3.8) is 0 Å². The van der Waals surface area contributed by atoms with Crippen molar-refractivity contribution in [2.24, 2.45) is 11.7 Å². The molecule has 1 unspecified atom stereocenters. The number of amides is 1. The Morgan fingerprint density at radius 1 is 1.53 bits per heavy atom. The summed E-state index contributed by atoms with van der Waals surface area (Å²) in [7, 11) is 1.73. The molecule has 1 aliphatic heterocycles. The Balaban J connectivity index is 2.12. The van der Waals surface area contributed by atoms with Gasteiger partial charge in [-0.1, -0.05) is 6.92 Å². The molecule has 100 valence electrons. The number of primary amides is 1. The number of nitrogens with one attached hydrogen (secondary N) is 1. The van der Waals surface area contributed by atoms with Crippen molar-refractivity contribution < 1.29 is 9.53 Å². The van der Waals surface area contributed by atoms with Crippen LogP contribution < -0.4 is 11.1 Å². The normalized spacial score (nSPS) is 20.4. The van der Waals surface area contributed by atoms with E-state index in [1.807, 2.05) is 0 Å². The lowest BCUT2D eigenvalue weighted by molar-refractivity contribution is -0.119. The van der Waals surface area contributed by atoms with E-state index < -0.39 is 0 Å². The highest BCUT2D eigenvalue weighted by atomic mass is 16.5. The van der Waals surface area contributed by atoms with Crippen molar-refractivity contribution in [2.75, 3.05) is 39.9 Å². The molecule has 0 aliphatic carbocycles. The molecule has 1 amide bonds. The lowest BCUT2D eigenvalue weighted by Gasteiger charge is -2.32. The Kier molecular flexibility index (Phi) is 6.47. The van der Waals surface area contributed by atoms with Crippen molar-refractivity contribution in [3.8, 4) is 0 Å². The highest BCUT2D eigenvalue weighted by molar-refractivity contribution is 5.75.